The molecule has 8 nitrogen and oxygen atoms in total. The molecule has 0 radical (unpaired) electrons. The van der Waals surface area contributed by atoms with Gasteiger partial charge in [-0.05, 0) is 38.7 Å². The Morgan fingerprint density at radius 2 is 2.03 bits per heavy atom. The first kappa shape index (κ1) is 25.9. The van der Waals surface area contributed by atoms with E-state index >= 15 is 4.39 Å². The summed E-state index contributed by atoms with van der Waals surface area (Å²) in [6.45, 7) is 4.85. The molecule has 1 aliphatic rings. The minimum atomic E-state index is -4.52. The molecule has 0 spiro atoms. The van der Waals surface area contributed by atoms with Crippen LogP contribution in [0.5, 0.6) is 0 Å². The van der Waals surface area contributed by atoms with Crippen molar-refractivity contribution in [1.29, 1.82) is 5.26 Å². The van der Waals surface area contributed by atoms with E-state index in [0.717, 1.165) is 12.8 Å². The molecule has 3 aromatic rings. The van der Waals surface area contributed by atoms with Crippen molar-refractivity contribution in [3.63, 3.8) is 0 Å². The molecule has 0 aliphatic heterocycles. The maximum Gasteiger partial charge on any atom is 0.412 e. The van der Waals surface area contributed by atoms with Crippen LogP contribution in [-0.4, -0.2) is 27.0 Å². The molecule has 0 bridgehead atoms. The number of nitriles is 1. The van der Waals surface area contributed by atoms with Crippen LogP contribution in [0, 0.1) is 23.0 Å². The van der Waals surface area contributed by atoms with Crippen molar-refractivity contribution < 1.29 is 31.3 Å². The van der Waals surface area contributed by atoms with E-state index in [2.05, 4.69) is 22.2 Å². The number of carbonyl (C=O) groups is 1. The van der Waals surface area contributed by atoms with Crippen LogP contribution in [-0.2, 0) is 23.2 Å². The fourth-order valence-electron chi connectivity index (χ4n) is 3.71. The number of rotatable bonds is 8. The second kappa shape index (κ2) is 9.34. The number of halogens is 5. The molecule has 3 N–H and O–H groups in total. The van der Waals surface area contributed by atoms with Gasteiger partial charge in [-0.15, -0.1) is 0 Å². The molecule has 1 amide bonds. The first-order valence-corrected chi connectivity index (χ1v) is 11.1. The van der Waals surface area contributed by atoms with Crippen LogP contribution >= 0.6 is 0 Å². The van der Waals surface area contributed by atoms with Crippen LogP contribution in [0.1, 0.15) is 43.0 Å². The van der Waals surface area contributed by atoms with E-state index < -0.39 is 42.1 Å². The molecule has 1 aliphatic carbocycles. The topological polar surface area (TPSA) is 123 Å². The van der Waals surface area contributed by atoms with Crippen LogP contribution in [0.4, 0.5) is 33.7 Å². The Labute approximate surface area is 207 Å². The minimum Gasteiger partial charge on any atom is -0.383 e. The van der Waals surface area contributed by atoms with E-state index in [1.165, 1.54) is 22.9 Å². The molecule has 0 unspecified atom stereocenters. The summed E-state index contributed by atoms with van der Waals surface area (Å²) in [5.74, 6) is -3.47. The summed E-state index contributed by atoms with van der Waals surface area (Å²) in [5, 5.41) is 19.7. The Morgan fingerprint density at radius 1 is 1.32 bits per heavy atom. The van der Waals surface area contributed by atoms with Crippen molar-refractivity contribution in [1.82, 2.24) is 14.9 Å². The molecule has 0 atom stereocenters. The molecule has 4 rings (SSSR count). The van der Waals surface area contributed by atoms with Crippen molar-refractivity contribution in [2.75, 3.05) is 11.1 Å². The number of nitrogen functional groups attached to an aromatic ring is 1. The van der Waals surface area contributed by atoms with Crippen molar-refractivity contribution >= 4 is 17.6 Å². The number of nitrogens with zero attached hydrogens (tertiary/aromatic N) is 4. The fraction of sp³-hybridized carbons (Fsp3) is 0.333. The SMILES string of the molecule is C=C(CCc1cc(NC(=O)Cc2ccc(-c3nn(C4(C)CC4)c(N)c3C#N)c(F)c2F)on1)C(F)(F)F. The lowest BCUT2D eigenvalue weighted by molar-refractivity contribution is -0.115. The van der Waals surface area contributed by atoms with Gasteiger partial charge in [0, 0.05) is 22.8 Å². The van der Waals surface area contributed by atoms with E-state index in [1.54, 1.807) is 0 Å². The summed E-state index contributed by atoms with van der Waals surface area (Å²) in [4.78, 5) is 12.3. The van der Waals surface area contributed by atoms with E-state index in [1.807, 2.05) is 13.0 Å². The highest BCUT2D eigenvalue weighted by Crippen LogP contribution is 2.45. The lowest BCUT2D eigenvalue weighted by Gasteiger charge is -2.10. The van der Waals surface area contributed by atoms with Gasteiger partial charge in [-0.3, -0.25) is 10.1 Å². The van der Waals surface area contributed by atoms with Gasteiger partial charge >= 0.3 is 6.18 Å². The number of nitrogens with one attached hydrogen (secondary N) is 1. The van der Waals surface area contributed by atoms with Gasteiger partial charge in [-0.25, -0.2) is 13.5 Å². The molecular formula is C24H21F5N6O2. The molecule has 1 fully saturated rings. The van der Waals surface area contributed by atoms with Crippen molar-refractivity contribution in [2.24, 2.45) is 0 Å². The van der Waals surface area contributed by atoms with E-state index in [4.69, 9.17) is 10.3 Å². The molecule has 0 saturated heterocycles. The zero-order valence-electron chi connectivity index (χ0n) is 19.5. The zero-order valence-corrected chi connectivity index (χ0v) is 19.5. The third kappa shape index (κ3) is 5.18. The highest BCUT2D eigenvalue weighted by molar-refractivity contribution is 5.91. The number of benzene rings is 1. The summed E-state index contributed by atoms with van der Waals surface area (Å²) >= 11 is 0. The number of hydrogen-bond acceptors (Lipinski definition) is 6. The molecule has 1 saturated carbocycles. The van der Waals surface area contributed by atoms with E-state index in [9.17, 15) is 27.6 Å². The molecule has 2 heterocycles. The highest BCUT2D eigenvalue weighted by Gasteiger charge is 2.43. The van der Waals surface area contributed by atoms with Gasteiger partial charge in [-0.1, -0.05) is 17.8 Å². The second-order valence-corrected chi connectivity index (χ2v) is 9.04. The number of carbonyl (C=O) groups excluding carboxylic acids is 1. The summed E-state index contributed by atoms with van der Waals surface area (Å²) in [6, 6.07) is 5.52. The maximum atomic E-state index is 15.0. The van der Waals surface area contributed by atoms with Crippen molar-refractivity contribution in [3.8, 4) is 17.3 Å². The van der Waals surface area contributed by atoms with Crippen LogP contribution in [0.3, 0.4) is 0 Å². The molecule has 1 aromatic carbocycles. The maximum absolute atomic E-state index is 15.0. The predicted molar refractivity (Wildman–Crippen MR) is 122 cm³/mol. The number of nitrogens with two attached hydrogens (primary N) is 1. The number of aryl methyl sites for hydroxylation is 1. The van der Waals surface area contributed by atoms with E-state index in [0.29, 0.717) is 0 Å². The molecule has 194 valence electrons. The van der Waals surface area contributed by atoms with Crippen LogP contribution in [0.15, 0.2) is 34.9 Å². The Kier molecular flexibility index (Phi) is 6.53. The van der Waals surface area contributed by atoms with Gasteiger partial charge in [0.25, 0.3) is 0 Å². The van der Waals surface area contributed by atoms with Gasteiger partial charge < -0.3 is 10.3 Å². The fourth-order valence-corrected chi connectivity index (χ4v) is 3.71. The summed E-state index contributed by atoms with van der Waals surface area (Å²) in [6.07, 6.45) is -4.06. The van der Waals surface area contributed by atoms with Gasteiger partial charge in [0.05, 0.1) is 17.7 Å². The largest absolute Gasteiger partial charge is 0.412 e. The Hall–Kier alpha value is -4.21. The highest BCUT2D eigenvalue weighted by atomic mass is 19.4. The summed E-state index contributed by atoms with van der Waals surface area (Å²) < 4.78 is 73.8. The Morgan fingerprint density at radius 3 is 2.65 bits per heavy atom. The lowest BCUT2D eigenvalue weighted by Crippen LogP contribution is -2.16. The Bertz CT molecular complexity index is 1430. The monoisotopic (exact) mass is 520 g/mol. The number of anilines is 2. The zero-order chi connectivity index (χ0) is 27.1. The van der Waals surface area contributed by atoms with Crippen molar-refractivity contribution in [2.45, 2.75) is 50.7 Å². The first-order valence-electron chi connectivity index (χ1n) is 11.1. The number of allylic oxidation sites excluding steroid dienone is 1. The standard InChI is InChI=1S/C24H21F5N6O2/c1-12(24(27,28)29)3-5-14-10-18(37-34-14)32-17(36)9-13-4-6-15(20(26)19(13)25)21-16(11-30)22(31)35(33-21)23(2)7-8-23/h4,6,10H,1,3,5,7-9,31H2,2H3,(H,32,36). The predicted octanol–water partition coefficient (Wildman–Crippen LogP) is 5.01. The van der Waals surface area contributed by atoms with Crippen LogP contribution in [0.25, 0.3) is 11.3 Å². The minimum absolute atomic E-state index is 0.0647. The average molecular weight is 520 g/mol. The van der Waals surface area contributed by atoms with Crippen LogP contribution < -0.4 is 11.1 Å². The third-order valence-corrected chi connectivity index (χ3v) is 6.19. The third-order valence-electron chi connectivity index (χ3n) is 6.19. The number of amides is 1. The summed E-state index contributed by atoms with van der Waals surface area (Å²) in [7, 11) is 0. The van der Waals surface area contributed by atoms with Gasteiger partial charge in [0.2, 0.25) is 11.8 Å². The molecule has 37 heavy (non-hydrogen) atoms. The van der Waals surface area contributed by atoms with E-state index in [-0.39, 0.29) is 51.7 Å². The van der Waals surface area contributed by atoms with Gasteiger partial charge in [0.15, 0.2) is 11.6 Å². The first-order chi connectivity index (χ1) is 17.3. The lowest BCUT2D eigenvalue weighted by atomic mass is 10.0. The molecule has 13 heteroatoms. The molecular weight excluding hydrogens is 499 g/mol. The average Bonchev–Trinajstić information content (AvgIpc) is 3.26. The van der Waals surface area contributed by atoms with Gasteiger partial charge in [0.1, 0.15) is 23.1 Å². The van der Waals surface area contributed by atoms with Crippen LogP contribution in [0.2, 0.25) is 0 Å². The second-order valence-electron chi connectivity index (χ2n) is 9.04. The van der Waals surface area contributed by atoms with Gasteiger partial charge in [-0.2, -0.15) is 23.5 Å². The Balaban J connectivity index is 1.46. The molecule has 2 aromatic heterocycles. The summed E-state index contributed by atoms with van der Waals surface area (Å²) in [5.41, 5.74) is 4.15. The number of aromatic nitrogens is 3. The quantitative estimate of drug-likeness (QED) is 0.318. The smallest absolute Gasteiger partial charge is 0.383 e. The normalized spacial score (nSPS) is 14.3. The number of alkyl halides is 3. The van der Waals surface area contributed by atoms with Crippen molar-refractivity contribution in [3.05, 3.63) is 58.8 Å². The number of hydrogen-bond donors (Lipinski definition) is 2.